The van der Waals surface area contributed by atoms with E-state index in [4.69, 9.17) is 5.73 Å². The minimum absolute atomic E-state index is 0.182. The van der Waals surface area contributed by atoms with E-state index in [1.54, 1.807) is 29.2 Å². The molecule has 6 heteroatoms. The summed E-state index contributed by atoms with van der Waals surface area (Å²) in [5, 5.41) is 0. The molecular weight excluding hydrogens is 221 g/mol. The minimum Gasteiger partial charge on any atom is -0.368 e. The molecule has 0 saturated carbocycles. The zero-order chi connectivity index (χ0) is 11.8. The summed E-state index contributed by atoms with van der Waals surface area (Å²) in [5.41, 5.74) is 7.54. The Bertz CT molecular complexity index is 674. The first kappa shape index (κ1) is 9.71. The number of halogens is 1. The van der Waals surface area contributed by atoms with Gasteiger partial charge in [0.25, 0.3) is 0 Å². The van der Waals surface area contributed by atoms with Crippen LogP contribution in [0.5, 0.6) is 0 Å². The number of anilines is 1. The summed E-state index contributed by atoms with van der Waals surface area (Å²) in [6.45, 7) is 0. The largest absolute Gasteiger partial charge is 0.368 e. The molecule has 3 rings (SSSR count). The Balaban J connectivity index is 2.23. The SMILES string of the molecule is Nc1ncc2ncn(-c3ccc(F)cc3)c2n1. The Labute approximate surface area is 95.8 Å². The van der Waals surface area contributed by atoms with Gasteiger partial charge < -0.3 is 5.73 Å². The van der Waals surface area contributed by atoms with Crippen LogP contribution in [-0.4, -0.2) is 19.5 Å². The number of nitrogen functional groups attached to an aromatic ring is 1. The lowest BCUT2D eigenvalue weighted by Gasteiger charge is -2.03. The molecule has 2 heterocycles. The molecule has 0 unspecified atom stereocenters. The van der Waals surface area contributed by atoms with Gasteiger partial charge in [-0.2, -0.15) is 4.98 Å². The normalized spacial score (nSPS) is 10.9. The molecule has 2 aromatic heterocycles. The monoisotopic (exact) mass is 229 g/mol. The van der Waals surface area contributed by atoms with E-state index in [0.717, 1.165) is 5.69 Å². The molecule has 0 aliphatic carbocycles. The van der Waals surface area contributed by atoms with E-state index < -0.39 is 0 Å². The highest BCUT2D eigenvalue weighted by molar-refractivity contribution is 5.72. The standard InChI is InChI=1S/C11H8FN5/c12-7-1-3-8(4-2-7)17-6-15-9-5-14-11(13)16-10(9)17/h1-6H,(H2,13,14,16). The van der Waals surface area contributed by atoms with Crippen molar-refractivity contribution in [3.63, 3.8) is 0 Å². The molecule has 0 saturated heterocycles. The van der Waals surface area contributed by atoms with Crippen LogP contribution in [0.2, 0.25) is 0 Å². The average molecular weight is 229 g/mol. The fraction of sp³-hybridized carbons (Fsp3) is 0. The molecule has 0 bridgehead atoms. The number of benzene rings is 1. The van der Waals surface area contributed by atoms with Crippen molar-refractivity contribution in [1.29, 1.82) is 0 Å². The molecule has 0 aliphatic heterocycles. The summed E-state index contributed by atoms with van der Waals surface area (Å²) >= 11 is 0. The van der Waals surface area contributed by atoms with E-state index >= 15 is 0 Å². The van der Waals surface area contributed by atoms with Crippen LogP contribution in [0.1, 0.15) is 0 Å². The van der Waals surface area contributed by atoms with E-state index in [2.05, 4.69) is 15.0 Å². The topological polar surface area (TPSA) is 69.6 Å². The van der Waals surface area contributed by atoms with Crippen molar-refractivity contribution in [2.24, 2.45) is 0 Å². The molecule has 0 spiro atoms. The van der Waals surface area contributed by atoms with Gasteiger partial charge in [0, 0.05) is 5.69 Å². The van der Waals surface area contributed by atoms with Gasteiger partial charge >= 0.3 is 0 Å². The first-order valence-corrected chi connectivity index (χ1v) is 4.95. The number of rotatable bonds is 1. The van der Waals surface area contributed by atoms with Crippen LogP contribution in [0.25, 0.3) is 16.9 Å². The number of imidazole rings is 1. The van der Waals surface area contributed by atoms with E-state index in [1.807, 2.05) is 0 Å². The van der Waals surface area contributed by atoms with E-state index in [1.165, 1.54) is 12.1 Å². The third kappa shape index (κ3) is 1.59. The summed E-state index contributed by atoms with van der Waals surface area (Å²) in [6, 6.07) is 6.06. The van der Waals surface area contributed by atoms with Crippen molar-refractivity contribution in [1.82, 2.24) is 19.5 Å². The Morgan fingerprint density at radius 3 is 2.65 bits per heavy atom. The summed E-state index contributed by atoms with van der Waals surface area (Å²) in [7, 11) is 0. The van der Waals surface area contributed by atoms with Crippen molar-refractivity contribution in [3.05, 3.63) is 42.6 Å². The van der Waals surface area contributed by atoms with Crippen LogP contribution in [0.15, 0.2) is 36.8 Å². The van der Waals surface area contributed by atoms with Gasteiger partial charge in [0.1, 0.15) is 17.7 Å². The smallest absolute Gasteiger partial charge is 0.222 e. The van der Waals surface area contributed by atoms with Gasteiger partial charge in [-0.1, -0.05) is 0 Å². The average Bonchev–Trinajstić information content (AvgIpc) is 2.73. The zero-order valence-corrected chi connectivity index (χ0v) is 8.71. The molecule has 0 radical (unpaired) electrons. The van der Waals surface area contributed by atoms with Crippen molar-refractivity contribution in [2.45, 2.75) is 0 Å². The number of nitrogens with zero attached hydrogens (tertiary/aromatic N) is 4. The maximum absolute atomic E-state index is 12.8. The second-order valence-electron chi connectivity index (χ2n) is 3.53. The predicted molar refractivity (Wildman–Crippen MR) is 61.0 cm³/mol. The van der Waals surface area contributed by atoms with Gasteiger partial charge in [0.15, 0.2) is 5.65 Å². The number of hydrogen-bond donors (Lipinski definition) is 1. The highest BCUT2D eigenvalue weighted by atomic mass is 19.1. The first-order chi connectivity index (χ1) is 8.24. The highest BCUT2D eigenvalue weighted by Crippen LogP contribution is 2.16. The van der Waals surface area contributed by atoms with Crippen molar-refractivity contribution in [2.75, 3.05) is 5.73 Å². The third-order valence-electron chi connectivity index (χ3n) is 2.41. The van der Waals surface area contributed by atoms with E-state index in [0.29, 0.717) is 11.2 Å². The lowest BCUT2D eigenvalue weighted by Crippen LogP contribution is -1.98. The molecule has 0 aliphatic rings. The summed E-state index contributed by atoms with van der Waals surface area (Å²) < 4.78 is 14.6. The van der Waals surface area contributed by atoms with Gasteiger partial charge in [0.05, 0.1) is 6.20 Å². The molecule has 0 fully saturated rings. The molecule has 1 aromatic carbocycles. The van der Waals surface area contributed by atoms with Gasteiger partial charge in [-0.25, -0.2) is 14.4 Å². The molecule has 84 valence electrons. The first-order valence-electron chi connectivity index (χ1n) is 4.95. The van der Waals surface area contributed by atoms with Gasteiger partial charge in [-0.05, 0) is 24.3 Å². The molecule has 0 amide bonds. The fourth-order valence-corrected chi connectivity index (χ4v) is 1.61. The Morgan fingerprint density at radius 2 is 1.88 bits per heavy atom. The van der Waals surface area contributed by atoms with Crippen LogP contribution < -0.4 is 5.73 Å². The number of nitrogens with two attached hydrogens (primary N) is 1. The van der Waals surface area contributed by atoms with Crippen molar-refractivity contribution in [3.8, 4) is 5.69 Å². The Morgan fingerprint density at radius 1 is 1.12 bits per heavy atom. The van der Waals surface area contributed by atoms with Gasteiger partial charge in [0.2, 0.25) is 5.95 Å². The van der Waals surface area contributed by atoms with Crippen LogP contribution in [0, 0.1) is 5.82 Å². The molecule has 0 atom stereocenters. The summed E-state index contributed by atoms with van der Waals surface area (Å²) in [6.07, 6.45) is 3.16. The maximum Gasteiger partial charge on any atom is 0.222 e. The quantitative estimate of drug-likeness (QED) is 0.687. The number of fused-ring (bicyclic) bond motifs is 1. The number of hydrogen-bond acceptors (Lipinski definition) is 4. The zero-order valence-electron chi connectivity index (χ0n) is 8.71. The van der Waals surface area contributed by atoms with Crippen molar-refractivity contribution < 1.29 is 4.39 Å². The lowest BCUT2D eigenvalue weighted by atomic mass is 10.3. The third-order valence-corrected chi connectivity index (χ3v) is 2.41. The molecule has 2 N–H and O–H groups in total. The Hall–Kier alpha value is -2.50. The van der Waals surface area contributed by atoms with Crippen LogP contribution >= 0.6 is 0 Å². The maximum atomic E-state index is 12.8. The van der Waals surface area contributed by atoms with E-state index in [9.17, 15) is 4.39 Å². The molecule has 17 heavy (non-hydrogen) atoms. The highest BCUT2D eigenvalue weighted by Gasteiger charge is 2.06. The summed E-state index contributed by atoms with van der Waals surface area (Å²) in [4.78, 5) is 12.1. The van der Waals surface area contributed by atoms with Crippen LogP contribution in [0.3, 0.4) is 0 Å². The van der Waals surface area contributed by atoms with Crippen LogP contribution in [-0.2, 0) is 0 Å². The molecular formula is C11H8FN5. The fourth-order valence-electron chi connectivity index (χ4n) is 1.61. The van der Waals surface area contributed by atoms with Gasteiger partial charge in [-0.15, -0.1) is 0 Å². The number of aromatic nitrogens is 4. The van der Waals surface area contributed by atoms with Crippen molar-refractivity contribution >= 4 is 17.1 Å². The summed E-state index contributed by atoms with van der Waals surface area (Å²) in [5.74, 6) is -0.103. The van der Waals surface area contributed by atoms with E-state index in [-0.39, 0.29) is 11.8 Å². The minimum atomic E-state index is -0.285. The Kier molecular flexibility index (Phi) is 2.01. The second kappa shape index (κ2) is 3.51. The molecule has 5 nitrogen and oxygen atoms in total. The predicted octanol–water partition coefficient (Wildman–Crippen LogP) is 1.54. The van der Waals surface area contributed by atoms with Gasteiger partial charge in [-0.3, -0.25) is 4.57 Å². The lowest BCUT2D eigenvalue weighted by molar-refractivity contribution is 0.627. The molecule has 3 aromatic rings. The second-order valence-corrected chi connectivity index (χ2v) is 3.53. The van der Waals surface area contributed by atoms with Crippen LogP contribution in [0.4, 0.5) is 10.3 Å².